The van der Waals surface area contributed by atoms with E-state index in [0.717, 1.165) is 43.9 Å². The molecule has 0 aliphatic rings. The molecule has 0 radical (unpaired) electrons. The third-order valence-corrected chi connectivity index (χ3v) is 2.91. The van der Waals surface area contributed by atoms with Crippen LogP contribution in [0.4, 0.5) is 0 Å². The van der Waals surface area contributed by atoms with Crippen LogP contribution in [0.5, 0.6) is 0 Å². The van der Waals surface area contributed by atoms with Crippen molar-refractivity contribution in [1.82, 2.24) is 9.80 Å². The summed E-state index contributed by atoms with van der Waals surface area (Å²) in [7, 11) is 5.87. The number of guanidine groups is 1. The number of aliphatic imine (C=N–C) groups is 1. The van der Waals surface area contributed by atoms with E-state index in [1.807, 2.05) is 33.3 Å². The number of rotatable bonds is 7. The highest BCUT2D eigenvalue weighted by Crippen LogP contribution is 2.12. The molecule has 6 heteroatoms. The minimum Gasteiger partial charge on any atom is -0.465 e. The Labute approximate surface area is 120 Å². The van der Waals surface area contributed by atoms with Gasteiger partial charge in [0.25, 0.3) is 0 Å². The highest BCUT2D eigenvalue weighted by Gasteiger charge is 2.05. The minimum absolute atomic E-state index is 0.263. The number of hydrogen-bond donors (Lipinski definition) is 1. The summed E-state index contributed by atoms with van der Waals surface area (Å²) in [5.74, 6) is 2.27. The lowest BCUT2D eigenvalue weighted by molar-refractivity contribution is 0.340. The first-order valence-corrected chi connectivity index (χ1v) is 6.68. The first-order chi connectivity index (χ1) is 9.52. The monoisotopic (exact) mass is 277 g/mol. The number of hydrogen-bond acceptors (Lipinski definition) is 4. The van der Waals surface area contributed by atoms with Crippen molar-refractivity contribution in [3.63, 3.8) is 0 Å². The van der Waals surface area contributed by atoms with Crippen molar-refractivity contribution >= 4 is 5.96 Å². The molecule has 0 aliphatic carbocycles. The predicted octanol–water partition coefficient (Wildman–Crippen LogP) is 1.39. The molecule has 0 spiro atoms. The van der Waals surface area contributed by atoms with Crippen LogP contribution in [-0.2, 0) is 13.0 Å². The molecule has 0 unspecified atom stereocenters. The maximum Gasteiger partial charge on any atom is 0.209 e. The fourth-order valence-electron chi connectivity index (χ4n) is 1.85. The lowest BCUT2D eigenvalue weighted by atomic mass is 10.2. The van der Waals surface area contributed by atoms with E-state index in [1.165, 1.54) is 0 Å². The van der Waals surface area contributed by atoms with E-state index in [1.54, 1.807) is 11.1 Å². The maximum absolute atomic E-state index is 8.41. The van der Waals surface area contributed by atoms with Gasteiger partial charge in [-0.3, -0.25) is 0 Å². The van der Waals surface area contributed by atoms with Gasteiger partial charge >= 0.3 is 0 Å². The molecule has 0 saturated heterocycles. The van der Waals surface area contributed by atoms with Crippen LogP contribution in [0.3, 0.4) is 0 Å². The van der Waals surface area contributed by atoms with Crippen molar-refractivity contribution in [3.05, 3.63) is 23.7 Å². The van der Waals surface area contributed by atoms with Gasteiger partial charge in [0.1, 0.15) is 11.5 Å². The minimum atomic E-state index is 0.263. The first kappa shape index (κ1) is 16.1. The second-order valence-corrected chi connectivity index (χ2v) is 5.05. The standard InChI is InChI=1S/C14H23N5O/c1-18(2)10-13-8-7-12(20-13)6-4-5-9-19(3)14(16)17-11-15/h7-8H,4-6,9-10H2,1-3H3,(H2,16,17). The third-order valence-electron chi connectivity index (χ3n) is 2.91. The fourth-order valence-corrected chi connectivity index (χ4v) is 1.85. The van der Waals surface area contributed by atoms with Crippen LogP contribution in [0.1, 0.15) is 24.4 Å². The lowest BCUT2D eigenvalue weighted by Crippen LogP contribution is -2.34. The molecule has 0 aromatic carbocycles. The van der Waals surface area contributed by atoms with Gasteiger partial charge in [0, 0.05) is 20.0 Å². The Kier molecular flexibility index (Phi) is 6.60. The molecule has 20 heavy (non-hydrogen) atoms. The molecule has 0 saturated carbocycles. The van der Waals surface area contributed by atoms with Crippen LogP contribution < -0.4 is 5.73 Å². The summed E-state index contributed by atoms with van der Waals surface area (Å²) in [6, 6.07) is 4.06. The highest BCUT2D eigenvalue weighted by molar-refractivity contribution is 5.78. The summed E-state index contributed by atoms with van der Waals surface area (Å²) < 4.78 is 5.74. The number of aryl methyl sites for hydroxylation is 1. The molecule has 1 rings (SSSR count). The third kappa shape index (κ3) is 5.76. The van der Waals surface area contributed by atoms with E-state index in [-0.39, 0.29) is 5.96 Å². The Balaban J connectivity index is 2.26. The van der Waals surface area contributed by atoms with E-state index in [2.05, 4.69) is 9.89 Å². The van der Waals surface area contributed by atoms with E-state index in [4.69, 9.17) is 15.4 Å². The summed E-state index contributed by atoms with van der Waals surface area (Å²) in [6.07, 6.45) is 4.59. The molecule has 110 valence electrons. The predicted molar refractivity (Wildman–Crippen MR) is 78.9 cm³/mol. The first-order valence-electron chi connectivity index (χ1n) is 6.68. The van der Waals surface area contributed by atoms with Gasteiger partial charge in [-0.25, -0.2) is 0 Å². The Morgan fingerprint density at radius 1 is 1.30 bits per heavy atom. The molecular formula is C14H23N5O. The van der Waals surface area contributed by atoms with Crippen molar-refractivity contribution < 1.29 is 4.42 Å². The van der Waals surface area contributed by atoms with Crippen LogP contribution >= 0.6 is 0 Å². The molecule has 1 heterocycles. The van der Waals surface area contributed by atoms with Gasteiger partial charge in [-0.15, -0.1) is 4.99 Å². The van der Waals surface area contributed by atoms with Crippen LogP contribution in [-0.4, -0.2) is 43.4 Å². The summed E-state index contributed by atoms with van der Waals surface area (Å²) in [4.78, 5) is 7.35. The summed E-state index contributed by atoms with van der Waals surface area (Å²) in [5.41, 5.74) is 5.60. The van der Waals surface area contributed by atoms with Crippen molar-refractivity contribution in [2.24, 2.45) is 10.7 Å². The van der Waals surface area contributed by atoms with Gasteiger partial charge in [0.05, 0.1) is 6.54 Å². The summed E-state index contributed by atoms with van der Waals surface area (Å²) in [5, 5.41) is 8.41. The Morgan fingerprint density at radius 2 is 2.00 bits per heavy atom. The summed E-state index contributed by atoms with van der Waals surface area (Å²) >= 11 is 0. The fraction of sp³-hybridized carbons (Fsp3) is 0.571. The van der Waals surface area contributed by atoms with E-state index in [0.29, 0.717) is 0 Å². The number of furan rings is 1. The smallest absolute Gasteiger partial charge is 0.209 e. The van der Waals surface area contributed by atoms with Gasteiger partial charge in [-0.05, 0) is 39.1 Å². The number of nitrogens with two attached hydrogens (primary N) is 1. The second kappa shape index (κ2) is 8.23. The maximum atomic E-state index is 8.41. The zero-order chi connectivity index (χ0) is 15.0. The van der Waals surface area contributed by atoms with Gasteiger partial charge in [-0.2, -0.15) is 5.26 Å². The zero-order valence-electron chi connectivity index (χ0n) is 12.5. The number of nitriles is 1. The van der Waals surface area contributed by atoms with Gasteiger partial charge < -0.3 is 20.0 Å². The molecule has 1 aromatic rings. The Hall–Kier alpha value is -2.00. The number of unbranched alkanes of at least 4 members (excludes halogenated alkanes) is 1. The molecule has 6 nitrogen and oxygen atoms in total. The normalized spacial score (nSPS) is 11.7. The molecule has 0 amide bonds. The molecule has 2 N–H and O–H groups in total. The Morgan fingerprint density at radius 3 is 2.65 bits per heavy atom. The summed E-state index contributed by atoms with van der Waals surface area (Å²) in [6.45, 7) is 1.60. The van der Waals surface area contributed by atoms with Crippen LogP contribution in [0.25, 0.3) is 0 Å². The van der Waals surface area contributed by atoms with Gasteiger partial charge in [0.15, 0.2) is 0 Å². The number of nitrogens with zero attached hydrogens (tertiary/aromatic N) is 4. The SMILES string of the molecule is CN(C)Cc1ccc(CCCCN(C)C(N)=NC#N)o1. The molecular weight excluding hydrogens is 254 g/mol. The van der Waals surface area contributed by atoms with Crippen LogP contribution in [0, 0.1) is 11.5 Å². The largest absolute Gasteiger partial charge is 0.465 e. The molecule has 0 aliphatic heterocycles. The van der Waals surface area contributed by atoms with Crippen molar-refractivity contribution in [1.29, 1.82) is 5.26 Å². The highest BCUT2D eigenvalue weighted by atomic mass is 16.3. The van der Waals surface area contributed by atoms with Crippen molar-refractivity contribution in [3.8, 4) is 6.19 Å². The van der Waals surface area contributed by atoms with E-state index in [9.17, 15) is 0 Å². The van der Waals surface area contributed by atoms with Gasteiger partial charge in [-0.1, -0.05) is 0 Å². The molecule has 1 aromatic heterocycles. The van der Waals surface area contributed by atoms with Crippen molar-refractivity contribution in [2.75, 3.05) is 27.7 Å². The zero-order valence-corrected chi connectivity index (χ0v) is 12.5. The van der Waals surface area contributed by atoms with Crippen molar-refractivity contribution in [2.45, 2.75) is 25.8 Å². The lowest BCUT2D eigenvalue weighted by Gasteiger charge is -2.16. The Bertz CT molecular complexity index is 472. The molecule has 0 atom stereocenters. The van der Waals surface area contributed by atoms with Crippen LogP contribution in [0.15, 0.2) is 21.5 Å². The average Bonchev–Trinajstić information content (AvgIpc) is 2.81. The topological polar surface area (TPSA) is 81.8 Å². The quantitative estimate of drug-likeness (QED) is 0.352. The van der Waals surface area contributed by atoms with Gasteiger partial charge in [0.2, 0.25) is 12.2 Å². The van der Waals surface area contributed by atoms with Crippen LogP contribution in [0.2, 0.25) is 0 Å². The average molecular weight is 277 g/mol. The van der Waals surface area contributed by atoms with E-state index >= 15 is 0 Å². The second-order valence-electron chi connectivity index (χ2n) is 5.05. The molecule has 0 fully saturated rings. The molecule has 0 bridgehead atoms. The van der Waals surface area contributed by atoms with E-state index < -0.39 is 0 Å².